The molecule has 0 unspecified atom stereocenters. The van der Waals surface area contributed by atoms with Gasteiger partial charge in [0.05, 0.1) is 33.6 Å². The number of rotatable bonds is 4. The van der Waals surface area contributed by atoms with E-state index in [9.17, 15) is 10.5 Å². The first-order valence-electron chi connectivity index (χ1n) is 20.9. The number of hydrogen-bond donors (Lipinski definition) is 0. The Hall–Kier alpha value is -8.58. The van der Waals surface area contributed by atoms with E-state index in [0.29, 0.717) is 16.8 Å². The molecule has 0 saturated heterocycles. The molecule has 2 aliphatic heterocycles. The molecule has 0 atom stereocenters. The van der Waals surface area contributed by atoms with Crippen LogP contribution in [-0.2, 0) is 0 Å². The molecule has 62 heavy (non-hydrogen) atoms. The molecule has 0 spiro atoms. The zero-order valence-corrected chi connectivity index (χ0v) is 33.3. The van der Waals surface area contributed by atoms with Crippen LogP contribution in [0, 0.1) is 22.7 Å². The van der Waals surface area contributed by atoms with Crippen LogP contribution in [0.4, 0.5) is 17.1 Å². The molecule has 0 amide bonds. The van der Waals surface area contributed by atoms with Crippen LogP contribution < -0.4 is 21.3 Å². The Morgan fingerprint density at radius 2 is 0.919 bits per heavy atom. The van der Waals surface area contributed by atoms with Gasteiger partial charge in [0.1, 0.15) is 23.3 Å². The van der Waals surface area contributed by atoms with Crippen molar-refractivity contribution in [3.63, 3.8) is 0 Å². The largest absolute Gasteiger partial charge is 0.310 e. The third kappa shape index (κ3) is 4.56. The van der Waals surface area contributed by atoms with Gasteiger partial charge in [-0.3, -0.25) is 0 Å². The van der Waals surface area contributed by atoms with Crippen LogP contribution >= 0.6 is 0 Å². The lowest BCUT2D eigenvalue weighted by molar-refractivity contribution is 1.10. The second-order valence-electron chi connectivity index (χ2n) is 16.2. The molecule has 5 nitrogen and oxygen atoms in total. The molecule has 4 heterocycles. The molecule has 0 N–H and O–H groups in total. The second-order valence-corrected chi connectivity index (χ2v) is 16.2. The van der Waals surface area contributed by atoms with Gasteiger partial charge in [-0.2, -0.15) is 10.5 Å². The molecule has 13 rings (SSSR count). The number of fused-ring (bicyclic) bond motifs is 10. The fraction of sp³-hybridized carbons (Fsp3) is 0. The van der Waals surface area contributed by atoms with Gasteiger partial charge in [-0.05, 0) is 75.0 Å². The average molecular weight is 786 g/mol. The van der Waals surface area contributed by atoms with Crippen LogP contribution in [-0.4, -0.2) is 15.8 Å². The number of hydrogen-bond acceptors (Lipinski definition) is 3. The highest BCUT2D eigenvalue weighted by atomic mass is 15.2. The summed E-state index contributed by atoms with van der Waals surface area (Å²) in [6.45, 7) is -0.238. The molecule has 0 bridgehead atoms. The Morgan fingerprint density at radius 3 is 1.58 bits per heavy atom. The smallest absolute Gasteiger partial charge is 0.252 e. The van der Waals surface area contributed by atoms with Gasteiger partial charge in [0.25, 0.3) is 6.71 Å². The lowest BCUT2D eigenvalue weighted by atomic mass is 9.33. The van der Waals surface area contributed by atoms with Gasteiger partial charge >= 0.3 is 0 Å². The van der Waals surface area contributed by atoms with Crippen LogP contribution in [0.1, 0.15) is 11.1 Å². The SMILES string of the molecule is N#Cc1c2c3c(c(C#N)c1-n1c4cc(-c5ccccc5)ccc4c4ccc(-c5ccccc5)cc41)-n1c4ccccc4c4cccc(c41)B3c1ccccc1N2c1ccccc1. The first-order chi connectivity index (χ1) is 30.7. The first kappa shape index (κ1) is 34.3. The van der Waals surface area contributed by atoms with Crippen molar-refractivity contribution in [1.82, 2.24) is 9.13 Å². The molecule has 284 valence electrons. The Bertz CT molecular complexity index is 3680. The van der Waals surface area contributed by atoms with Gasteiger partial charge in [0.15, 0.2) is 0 Å². The van der Waals surface area contributed by atoms with E-state index in [0.717, 1.165) is 105 Å². The van der Waals surface area contributed by atoms with Crippen molar-refractivity contribution >= 4 is 83.8 Å². The van der Waals surface area contributed by atoms with E-state index in [1.165, 1.54) is 0 Å². The lowest BCUT2D eigenvalue weighted by Gasteiger charge is -2.41. The molecule has 0 fully saturated rings. The Morgan fingerprint density at radius 1 is 0.387 bits per heavy atom. The molecule has 6 heteroatoms. The van der Waals surface area contributed by atoms with Gasteiger partial charge in [-0.1, -0.05) is 158 Å². The van der Waals surface area contributed by atoms with Gasteiger partial charge in [-0.15, -0.1) is 0 Å². The highest BCUT2D eigenvalue weighted by Gasteiger charge is 2.46. The maximum absolute atomic E-state index is 12.0. The van der Waals surface area contributed by atoms with Crippen molar-refractivity contribution in [2.24, 2.45) is 0 Å². The monoisotopic (exact) mass is 785 g/mol. The van der Waals surface area contributed by atoms with Crippen LogP contribution in [0.3, 0.4) is 0 Å². The van der Waals surface area contributed by atoms with Crippen molar-refractivity contribution < 1.29 is 0 Å². The molecule has 2 aliphatic rings. The standard InChI is InChI=1S/C56H32BN5/c58-33-44-53(61-50-31-37(35-15-4-1-5-16-35)27-29-41(50)42-30-28-38(32-51(42)61)36-17-6-2-7-18-36)45(34-59)56-52-55(44)60(39-19-8-3-9-20-39)49-26-13-11-23-46(49)57(52)47-24-14-22-43-40-21-10-12-25-48(40)62(56)54(43)47/h1-32H. The third-order valence-electron chi connectivity index (χ3n) is 13.2. The van der Waals surface area contributed by atoms with Crippen molar-refractivity contribution in [3.8, 4) is 45.8 Å². The second kappa shape index (κ2) is 13.0. The molecule has 2 aromatic heterocycles. The number of benzene rings is 9. The predicted molar refractivity (Wildman–Crippen MR) is 255 cm³/mol. The molecule has 9 aromatic carbocycles. The average Bonchev–Trinajstić information content (AvgIpc) is 3.85. The zero-order chi connectivity index (χ0) is 41.1. The highest BCUT2D eigenvalue weighted by molar-refractivity contribution is 7.00. The van der Waals surface area contributed by atoms with Crippen molar-refractivity contribution in [2.45, 2.75) is 0 Å². The number of nitrogens with zero attached hydrogens (tertiary/aromatic N) is 5. The van der Waals surface area contributed by atoms with Crippen LogP contribution in [0.2, 0.25) is 0 Å². The van der Waals surface area contributed by atoms with E-state index in [1.54, 1.807) is 0 Å². The fourth-order valence-electron chi connectivity index (χ4n) is 10.7. The van der Waals surface area contributed by atoms with Gasteiger partial charge in [0, 0.05) is 38.4 Å². The molecule has 0 aliphatic carbocycles. The van der Waals surface area contributed by atoms with Gasteiger partial charge in [-0.25, -0.2) is 0 Å². The van der Waals surface area contributed by atoms with Crippen LogP contribution in [0.5, 0.6) is 0 Å². The minimum atomic E-state index is -0.238. The Labute approximate surface area is 357 Å². The number of aromatic nitrogens is 2. The number of para-hydroxylation sites is 4. The molecular formula is C56H32BN5. The molecular weight excluding hydrogens is 753 g/mol. The summed E-state index contributed by atoms with van der Waals surface area (Å²) in [5, 5.41) is 28.3. The lowest BCUT2D eigenvalue weighted by Crippen LogP contribution is -2.61. The Balaban J connectivity index is 1.27. The maximum Gasteiger partial charge on any atom is 0.252 e. The summed E-state index contributed by atoms with van der Waals surface area (Å²) >= 11 is 0. The minimum Gasteiger partial charge on any atom is -0.310 e. The van der Waals surface area contributed by atoms with Crippen LogP contribution in [0.25, 0.3) is 77.2 Å². The van der Waals surface area contributed by atoms with Gasteiger partial charge in [0.2, 0.25) is 0 Å². The Kier molecular flexibility index (Phi) is 7.17. The number of anilines is 3. The third-order valence-corrected chi connectivity index (χ3v) is 13.2. The molecule has 11 aromatic rings. The maximum atomic E-state index is 12.0. The first-order valence-corrected chi connectivity index (χ1v) is 20.9. The van der Waals surface area contributed by atoms with Gasteiger partial charge < -0.3 is 14.0 Å². The van der Waals surface area contributed by atoms with Crippen LogP contribution in [0.15, 0.2) is 194 Å². The predicted octanol–water partition coefficient (Wildman–Crippen LogP) is 11.6. The van der Waals surface area contributed by atoms with E-state index in [2.05, 4.69) is 202 Å². The summed E-state index contributed by atoms with van der Waals surface area (Å²) in [5.41, 5.74) is 16.5. The quantitative estimate of drug-likeness (QED) is 0.167. The zero-order valence-electron chi connectivity index (χ0n) is 33.3. The topological polar surface area (TPSA) is 60.7 Å². The summed E-state index contributed by atoms with van der Waals surface area (Å²) < 4.78 is 4.55. The summed E-state index contributed by atoms with van der Waals surface area (Å²) in [5.74, 6) is 0. The van der Waals surface area contributed by atoms with E-state index in [-0.39, 0.29) is 6.71 Å². The summed E-state index contributed by atoms with van der Waals surface area (Å²) in [7, 11) is 0. The van der Waals surface area contributed by atoms with Crippen molar-refractivity contribution in [2.75, 3.05) is 4.90 Å². The van der Waals surface area contributed by atoms with E-state index >= 15 is 0 Å². The van der Waals surface area contributed by atoms with E-state index in [4.69, 9.17) is 0 Å². The minimum absolute atomic E-state index is 0.238. The number of nitriles is 2. The fourth-order valence-corrected chi connectivity index (χ4v) is 10.7. The van der Waals surface area contributed by atoms with E-state index < -0.39 is 0 Å². The van der Waals surface area contributed by atoms with E-state index in [1.807, 2.05) is 18.2 Å². The summed E-state index contributed by atoms with van der Waals surface area (Å²) in [6.07, 6.45) is 0. The van der Waals surface area contributed by atoms with Crippen molar-refractivity contribution in [3.05, 3.63) is 205 Å². The molecule has 0 radical (unpaired) electrons. The summed E-state index contributed by atoms with van der Waals surface area (Å²) in [4.78, 5) is 2.27. The highest BCUT2D eigenvalue weighted by Crippen LogP contribution is 2.48. The molecule has 0 saturated carbocycles. The summed E-state index contributed by atoms with van der Waals surface area (Å²) in [6, 6.07) is 73.6. The van der Waals surface area contributed by atoms with Crippen molar-refractivity contribution in [1.29, 1.82) is 10.5 Å². The normalized spacial score (nSPS) is 12.4.